The lowest BCUT2D eigenvalue weighted by Gasteiger charge is -2.06. The molecule has 2 aromatic rings. The predicted molar refractivity (Wildman–Crippen MR) is 65.0 cm³/mol. The predicted octanol–water partition coefficient (Wildman–Crippen LogP) is 1.93. The summed E-state index contributed by atoms with van der Waals surface area (Å²) in [6.07, 6.45) is -4.78. The van der Waals surface area contributed by atoms with E-state index in [0.717, 1.165) is 12.1 Å². The van der Waals surface area contributed by atoms with Crippen LogP contribution in [0.1, 0.15) is 22.6 Å². The van der Waals surface area contributed by atoms with Gasteiger partial charge in [-0.3, -0.25) is 4.79 Å². The topological polar surface area (TPSA) is 80.9 Å². The van der Waals surface area contributed by atoms with E-state index in [2.05, 4.69) is 15.3 Å². The van der Waals surface area contributed by atoms with Gasteiger partial charge in [0, 0.05) is 11.3 Å². The maximum atomic E-state index is 12.4. The summed E-state index contributed by atoms with van der Waals surface area (Å²) in [6, 6.07) is 1.94. The second-order valence-corrected chi connectivity index (χ2v) is 4.41. The fraction of sp³-hybridized carbons (Fsp3) is 0.333. The first kappa shape index (κ1) is 14.9. The first-order chi connectivity index (χ1) is 9.70. The van der Waals surface area contributed by atoms with Crippen LogP contribution in [0.4, 0.5) is 13.2 Å². The number of aromatic nitrogens is 4. The van der Waals surface area contributed by atoms with Crippen LogP contribution in [0.5, 0.6) is 0 Å². The lowest BCUT2D eigenvalue weighted by atomic mass is 10.1. The molecule has 0 spiro atoms. The van der Waals surface area contributed by atoms with Gasteiger partial charge in [0.2, 0.25) is 0 Å². The summed E-state index contributed by atoms with van der Waals surface area (Å²) in [7, 11) is 0. The second-order valence-electron chi connectivity index (χ2n) is 4.41. The number of halogens is 3. The molecule has 0 saturated carbocycles. The van der Waals surface area contributed by atoms with Crippen molar-refractivity contribution in [3.63, 3.8) is 0 Å². The van der Waals surface area contributed by atoms with Crippen LogP contribution >= 0.6 is 0 Å². The Morgan fingerprint density at radius 1 is 1.29 bits per heavy atom. The van der Waals surface area contributed by atoms with Crippen molar-refractivity contribution in [2.24, 2.45) is 0 Å². The smallest absolute Gasteiger partial charge is 0.435 e. The van der Waals surface area contributed by atoms with Gasteiger partial charge in [0.15, 0.2) is 11.5 Å². The van der Waals surface area contributed by atoms with Crippen LogP contribution in [0.15, 0.2) is 12.1 Å². The van der Waals surface area contributed by atoms with E-state index in [1.807, 2.05) is 0 Å². The molecule has 0 amide bonds. The van der Waals surface area contributed by atoms with Crippen molar-refractivity contribution in [1.82, 2.24) is 20.0 Å². The van der Waals surface area contributed by atoms with Gasteiger partial charge in [-0.25, -0.2) is 4.68 Å². The molecule has 0 atom stereocenters. The Bertz CT molecular complexity index is 677. The van der Waals surface area contributed by atoms with Crippen molar-refractivity contribution < 1.29 is 23.1 Å². The van der Waals surface area contributed by atoms with Gasteiger partial charge in [0.05, 0.1) is 12.1 Å². The molecule has 2 heterocycles. The zero-order valence-corrected chi connectivity index (χ0v) is 11.1. The highest BCUT2D eigenvalue weighted by Gasteiger charge is 2.33. The molecule has 0 aliphatic heterocycles. The van der Waals surface area contributed by atoms with Crippen LogP contribution < -0.4 is 0 Å². The van der Waals surface area contributed by atoms with Gasteiger partial charge in [0.25, 0.3) is 0 Å². The summed E-state index contributed by atoms with van der Waals surface area (Å²) >= 11 is 0. The number of aliphatic carboxylic acids is 1. The van der Waals surface area contributed by atoms with Gasteiger partial charge in [-0.05, 0) is 26.0 Å². The molecular formula is C12H11F3N4O2. The Morgan fingerprint density at radius 3 is 2.43 bits per heavy atom. The van der Waals surface area contributed by atoms with E-state index in [-0.39, 0.29) is 12.2 Å². The van der Waals surface area contributed by atoms with Gasteiger partial charge >= 0.3 is 12.1 Å². The molecule has 0 aromatic carbocycles. The molecule has 0 bridgehead atoms. The van der Waals surface area contributed by atoms with Gasteiger partial charge in [-0.1, -0.05) is 0 Å². The highest BCUT2D eigenvalue weighted by molar-refractivity contribution is 5.71. The van der Waals surface area contributed by atoms with Gasteiger partial charge in [-0.2, -0.15) is 18.3 Å². The van der Waals surface area contributed by atoms with Crippen molar-refractivity contribution >= 4 is 5.97 Å². The van der Waals surface area contributed by atoms with E-state index in [4.69, 9.17) is 5.11 Å². The highest BCUT2D eigenvalue weighted by Crippen LogP contribution is 2.27. The average molecular weight is 300 g/mol. The van der Waals surface area contributed by atoms with Crippen molar-refractivity contribution in [1.29, 1.82) is 0 Å². The SMILES string of the molecule is Cc1nn(-c2ccc(C(F)(F)F)nn2)c(C)c1CC(=O)O. The number of carboxylic acids is 1. The monoisotopic (exact) mass is 300 g/mol. The van der Waals surface area contributed by atoms with E-state index in [1.54, 1.807) is 13.8 Å². The zero-order valence-electron chi connectivity index (χ0n) is 11.1. The van der Waals surface area contributed by atoms with E-state index < -0.39 is 17.8 Å². The number of hydrogen-bond acceptors (Lipinski definition) is 4. The Hall–Kier alpha value is -2.45. The molecule has 0 aliphatic rings. The van der Waals surface area contributed by atoms with Gasteiger partial charge in [-0.15, -0.1) is 10.2 Å². The van der Waals surface area contributed by atoms with Crippen molar-refractivity contribution in [3.05, 3.63) is 34.8 Å². The molecule has 112 valence electrons. The third-order valence-electron chi connectivity index (χ3n) is 2.93. The quantitative estimate of drug-likeness (QED) is 0.936. The fourth-order valence-electron chi connectivity index (χ4n) is 1.89. The molecule has 2 aromatic heterocycles. The molecule has 0 radical (unpaired) electrons. The standard InChI is InChI=1S/C12H11F3N4O2/c1-6-8(5-11(20)21)7(2)19(18-6)10-4-3-9(16-17-10)12(13,14)15/h3-4H,5H2,1-2H3,(H,20,21). The Morgan fingerprint density at radius 2 is 1.95 bits per heavy atom. The van der Waals surface area contributed by atoms with Crippen LogP contribution in [0, 0.1) is 13.8 Å². The molecule has 21 heavy (non-hydrogen) atoms. The van der Waals surface area contributed by atoms with Crippen LogP contribution in [0.25, 0.3) is 5.82 Å². The Kier molecular flexibility index (Phi) is 3.67. The molecule has 0 fully saturated rings. The lowest BCUT2D eigenvalue weighted by molar-refractivity contribution is -0.141. The highest BCUT2D eigenvalue weighted by atomic mass is 19.4. The number of nitrogens with zero attached hydrogens (tertiary/aromatic N) is 4. The maximum absolute atomic E-state index is 12.4. The lowest BCUT2D eigenvalue weighted by Crippen LogP contribution is -2.11. The summed E-state index contributed by atoms with van der Waals surface area (Å²) in [4.78, 5) is 10.8. The number of alkyl halides is 3. The van der Waals surface area contributed by atoms with Gasteiger partial charge < -0.3 is 5.11 Å². The molecule has 0 aliphatic carbocycles. The molecule has 6 nitrogen and oxygen atoms in total. The molecule has 0 unspecified atom stereocenters. The third kappa shape index (κ3) is 3.01. The largest absolute Gasteiger partial charge is 0.481 e. The number of rotatable bonds is 3. The minimum atomic E-state index is -4.56. The summed E-state index contributed by atoms with van der Waals surface area (Å²) in [5, 5.41) is 19.5. The van der Waals surface area contributed by atoms with Gasteiger partial charge in [0.1, 0.15) is 0 Å². The van der Waals surface area contributed by atoms with E-state index in [1.165, 1.54) is 4.68 Å². The molecule has 9 heteroatoms. The Labute approximate surface area is 117 Å². The van der Waals surface area contributed by atoms with E-state index >= 15 is 0 Å². The summed E-state index contributed by atoms with van der Waals surface area (Å²) < 4.78 is 38.5. The molecule has 1 N–H and O–H groups in total. The van der Waals surface area contributed by atoms with Crippen LogP contribution in [-0.4, -0.2) is 31.1 Å². The normalized spacial score (nSPS) is 11.7. The molecular weight excluding hydrogens is 289 g/mol. The summed E-state index contributed by atoms with van der Waals surface area (Å²) in [6.45, 7) is 3.25. The first-order valence-electron chi connectivity index (χ1n) is 5.88. The van der Waals surface area contributed by atoms with E-state index in [9.17, 15) is 18.0 Å². The summed E-state index contributed by atoms with van der Waals surface area (Å²) in [5.74, 6) is -0.917. The number of carboxylic acid groups (broad SMARTS) is 1. The minimum Gasteiger partial charge on any atom is -0.481 e. The average Bonchev–Trinajstić information content (AvgIpc) is 2.65. The fourth-order valence-corrected chi connectivity index (χ4v) is 1.89. The molecule has 0 saturated heterocycles. The molecule has 2 rings (SSSR count). The van der Waals surface area contributed by atoms with Crippen molar-refractivity contribution in [2.75, 3.05) is 0 Å². The van der Waals surface area contributed by atoms with Crippen LogP contribution in [0.3, 0.4) is 0 Å². The van der Waals surface area contributed by atoms with Crippen LogP contribution in [-0.2, 0) is 17.4 Å². The number of aryl methyl sites for hydroxylation is 1. The Balaban J connectivity index is 2.41. The second kappa shape index (κ2) is 5.15. The van der Waals surface area contributed by atoms with Crippen LogP contribution in [0.2, 0.25) is 0 Å². The minimum absolute atomic E-state index is 0.0974. The van der Waals surface area contributed by atoms with Crippen molar-refractivity contribution in [3.8, 4) is 5.82 Å². The summed E-state index contributed by atoms with van der Waals surface area (Å²) in [5.41, 5.74) is 0.392. The maximum Gasteiger partial charge on any atom is 0.435 e. The van der Waals surface area contributed by atoms with Crippen molar-refractivity contribution in [2.45, 2.75) is 26.4 Å². The number of hydrogen-bond donors (Lipinski definition) is 1. The zero-order chi connectivity index (χ0) is 15.8. The third-order valence-corrected chi connectivity index (χ3v) is 2.93. The van der Waals surface area contributed by atoms with E-state index in [0.29, 0.717) is 17.0 Å². The number of carbonyl (C=O) groups is 1. The first-order valence-corrected chi connectivity index (χ1v) is 5.88.